The molecule has 96 valence electrons. The molecule has 0 saturated heterocycles. The van der Waals surface area contributed by atoms with Crippen molar-refractivity contribution >= 4 is 0 Å². The highest BCUT2D eigenvalue weighted by atomic mass is 15.6. The number of rotatable bonds is 6. The van der Waals surface area contributed by atoms with Crippen LogP contribution in [0.1, 0.15) is 46.4 Å². The molecule has 0 bridgehead atoms. The Bertz CT molecular complexity index is 365. The second kappa shape index (κ2) is 4.72. The Morgan fingerprint density at radius 2 is 2.12 bits per heavy atom. The van der Waals surface area contributed by atoms with Gasteiger partial charge in [-0.25, -0.2) is 4.68 Å². The van der Waals surface area contributed by atoms with Crippen LogP contribution in [0, 0.1) is 11.8 Å². The molecule has 1 aromatic heterocycles. The van der Waals surface area contributed by atoms with Gasteiger partial charge in [-0.3, -0.25) is 0 Å². The molecule has 1 aromatic rings. The van der Waals surface area contributed by atoms with E-state index in [4.69, 9.17) is 0 Å². The predicted molar refractivity (Wildman–Crippen MR) is 66.4 cm³/mol. The molecule has 0 atom stereocenters. The molecular weight excluding hydrogens is 214 g/mol. The third-order valence-electron chi connectivity index (χ3n) is 3.49. The van der Waals surface area contributed by atoms with Gasteiger partial charge in [0.1, 0.15) is 0 Å². The number of hydrogen-bond acceptors (Lipinski definition) is 4. The van der Waals surface area contributed by atoms with E-state index in [0.29, 0.717) is 5.92 Å². The van der Waals surface area contributed by atoms with Crippen molar-refractivity contribution < 1.29 is 0 Å². The SMILES string of the molecule is CC(C)CNCc1nnnn1C(C)(C)C1CC1. The zero-order chi connectivity index (χ0) is 12.5. The Kier molecular flexibility index (Phi) is 3.47. The van der Waals surface area contributed by atoms with Crippen LogP contribution in [0.3, 0.4) is 0 Å². The first-order chi connectivity index (χ1) is 8.01. The molecule has 1 heterocycles. The normalized spacial score (nSPS) is 16.8. The van der Waals surface area contributed by atoms with Crippen LogP contribution >= 0.6 is 0 Å². The molecule has 1 N–H and O–H groups in total. The lowest BCUT2D eigenvalue weighted by molar-refractivity contribution is 0.257. The minimum atomic E-state index is 0.0539. The fourth-order valence-electron chi connectivity index (χ4n) is 2.20. The summed E-state index contributed by atoms with van der Waals surface area (Å²) in [6.45, 7) is 10.6. The summed E-state index contributed by atoms with van der Waals surface area (Å²) in [4.78, 5) is 0. The van der Waals surface area contributed by atoms with Crippen LogP contribution in [0.4, 0.5) is 0 Å². The van der Waals surface area contributed by atoms with Gasteiger partial charge < -0.3 is 5.32 Å². The van der Waals surface area contributed by atoms with E-state index in [2.05, 4.69) is 48.5 Å². The van der Waals surface area contributed by atoms with E-state index in [0.717, 1.165) is 24.8 Å². The molecule has 0 aromatic carbocycles. The third kappa shape index (κ3) is 2.83. The standard InChI is InChI=1S/C12H23N5/c1-9(2)7-13-8-11-14-15-16-17(11)12(3,4)10-5-6-10/h9-10,13H,5-8H2,1-4H3. The van der Waals surface area contributed by atoms with E-state index in [-0.39, 0.29) is 5.54 Å². The van der Waals surface area contributed by atoms with Gasteiger partial charge in [0.15, 0.2) is 5.82 Å². The first-order valence-corrected chi connectivity index (χ1v) is 6.50. The van der Waals surface area contributed by atoms with E-state index in [1.54, 1.807) is 0 Å². The fourth-order valence-corrected chi connectivity index (χ4v) is 2.20. The van der Waals surface area contributed by atoms with E-state index < -0.39 is 0 Å². The van der Waals surface area contributed by atoms with Crippen LogP contribution < -0.4 is 5.32 Å². The Labute approximate surface area is 103 Å². The molecule has 17 heavy (non-hydrogen) atoms. The van der Waals surface area contributed by atoms with Gasteiger partial charge in [0.2, 0.25) is 0 Å². The predicted octanol–water partition coefficient (Wildman–Crippen LogP) is 1.56. The maximum atomic E-state index is 4.16. The van der Waals surface area contributed by atoms with Crippen molar-refractivity contribution in [3.8, 4) is 0 Å². The van der Waals surface area contributed by atoms with Gasteiger partial charge in [0, 0.05) is 0 Å². The zero-order valence-electron chi connectivity index (χ0n) is 11.3. The number of aromatic nitrogens is 4. The quantitative estimate of drug-likeness (QED) is 0.816. The minimum absolute atomic E-state index is 0.0539. The minimum Gasteiger partial charge on any atom is -0.310 e. The van der Waals surface area contributed by atoms with Gasteiger partial charge in [-0.2, -0.15) is 0 Å². The van der Waals surface area contributed by atoms with Crippen LogP contribution in [0.2, 0.25) is 0 Å². The van der Waals surface area contributed by atoms with Crippen molar-refractivity contribution in [1.82, 2.24) is 25.5 Å². The zero-order valence-corrected chi connectivity index (χ0v) is 11.3. The molecule has 1 saturated carbocycles. The van der Waals surface area contributed by atoms with Crippen molar-refractivity contribution in [3.63, 3.8) is 0 Å². The van der Waals surface area contributed by atoms with Gasteiger partial charge in [0.25, 0.3) is 0 Å². The van der Waals surface area contributed by atoms with E-state index in [9.17, 15) is 0 Å². The summed E-state index contributed by atoms with van der Waals surface area (Å²) in [6, 6.07) is 0. The lowest BCUT2D eigenvalue weighted by Crippen LogP contribution is -2.33. The van der Waals surface area contributed by atoms with Gasteiger partial charge in [-0.05, 0) is 55.5 Å². The largest absolute Gasteiger partial charge is 0.310 e. The summed E-state index contributed by atoms with van der Waals surface area (Å²) in [7, 11) is 0. The molecule has 0 unspecified atom stereocenters. The van der Waals surface area contributed by atoms with Crippen molar-refractivity contribution in [3.05, 3.63) is 5.82 Å². The van der Waals surface area contributed by atoms with E-state index in [1.807, 2.05) is 4.68 Å². The average Bonchev–Trinajstić information content (AvgIpc) is 2.99. The summed E-state index contributed by atoms with van der Waals surface area (Å²) in [6.07, 6.45) is 2.59. The molecule has 1 aliphatic carbocycles. The molecule has 5 nitrogen and oxygen atoms in total. The Morgan fingerprint density at radius 1 is 1.41 bits per heavy atom. The smallest absolute Gasteiger partial charge is 0.165 e. The maximum Gasteiger partial charge on any atom is 0.165 e. The van der Waals surface area contributed by atoms with Gasteiger partial charge in [-0.1, -0.05) is 13.8 Å². The molecule has 1 fully saturated rings. The second-order valence-corrected chi connectivity index (χ2v) is 5.96. The van der Waals surface area contributed by atoms with E-state index >= 15 is 0 Å². The molecule has 0 radical (unpaired) electrons. The Morgan fingerprint density at radius 3 is 2.71 bits per heavy atom. The molecular formula is C12H23N5. The highest BCUT2D eigenvalue weighted by Gasteiger charge is 2.41. The molecule has 5 heteroatoms. The molecule has 0 aliphatic heterocycles. The first-order valence-electron chi connectivity index (χ1n) is 6.50. The average molecular weight is 237 g/mol. The van der Waals surface area contributed by atoms with Gasteiger partial charge in [-0.15, -0.1) is 5.10 Å². The maximum absolute atomic E-state index is 4.16. The first kappa shape index (κ1) is 12.5. The number of hydrogen-bond donors (Lipinski definition) is 1. The highest BCUT2D eigenvalue weighted by molar-refractivity contribution is 4.96. The van der Waals surface area contributed by atoms with Crippen LogP contribution in [-0.2, 0) is 12.1 Å². The Balaban J connectivity index is 2.01. The second-order valence-electron chi connectivity index (χ2n) is 5.96. The number of nitrogens with one attached hydrogen (secondary N) is 1. The summed E-state index contributed by atoms with van der Waals surface area (Å²) >= 11 is 0. The van der Waals surface area contributed by atoms with Crippen molar-refractivity contribution in [2.75, 3.05) is 6.54 Å². The molecule has 0 amide bonds. The van der Waals surface area contributed by atoms with Crippen molar-refractivity contribution in [2.45, 2.75) is 52.6 Å². The highest BCUT2D eigenvalue weighted by Crippen LogP contribution is 2.43. The van der Waals surface area contributed by atoms with Crippen LogP contribution in [0.25, 0.3) is 0 Å². The third-order valence-corrected chi connectivity index (χ3v) is 3.49. The van der Waals surface area contributed by atoms with Crippen LogP contribution in [0.5, 0.6) is 0 Å². The number of tetrazole rings is 1. The van der Waals surface area contributed by atoms with Crippen molar-refractivity contribution in [1.29, 1.82) is 0 Å². The van der Waals surface area contributed by atoms with Crippen LogP contribution in [0.15, 0.2) is 0 Å². The molecule has 2 rings (SSSR count). The fraction of sp³-hybridized carbons (Fsp3) is 0.917. The lowest BCUT2D eigenvalue weighted by Gasteiger charge is -2.25. The lowest BCUT2D eigenvalue weighted by atomic mass is 9.99. The van der Waals surface area contributed by atoms with Crippen LogP contribution in [-0.4, -0.2) is 26.8 Å². The number of nitrogens with zero attached hydrogens (tertiary/aromatic N) is 4. The summed E-state index contributed by atoms with van der Waals surface area (Å²) < 4.78 is 2.00. The summed E-state index contributed by atoms with van der Waals surface area (Å²) in [5.74, 6) is 2.33. The van der Waals surface area contributed by atoms with Crippen molar-refractivity contribution in [2.24, 2.45) is 11.8 Å². The topological polar surface area (TPSA) is 55.6 Å². The summed E-state index contributed by atoms with van der Waals surface area (Å²) in [5, 5.41) is 15.5. The monoisotopic (exact) mass is 237 g/mol. The molecule has 0 spiro atoms. The van der Waals surface area contributed by atoms with Gasteiger partial charge in [0.05, 0.1) is 12.1 Å². The van der Waals surface area contributed by atoms with Gasteiger partial charge >= 0.3 is 0 Å². The Hall–Kier alpha value is -0.970. The van der Waals surface area contributed by atoms with E-state index in [1.165, 1.54) is 12.8 Å². The summed E-state index contributed by atoms with van der Waals surface area (Å²) in [5.41, 5.74) is 0.0539. The molecule has 1 aliphatic rings.